The number of aliphatic hydroxyl groups excluding tert-OH is 1. The van der Waals surface area contributed by atoms with Gasteiger partial charge in [-0.25, -0.2) is 39.0 Å². The van der Waals surface area contributed by atoms with Crippen molar-refractivity contribution < 1.29 is 64.9 Å². The van der Waals surface area contributed by atoms with Gasteiger partial charge in [-0.05, 0) is 240 Å². The number of ketones is 1. The second-order valence-electron chi connectivity index (χ2n) is 33.6. The smallest absolute Gasteiger partial charge is 0.308 e. The van der Waals surface area contributed by atoms with Crippen LogP contribution in [-0.2, 0) is 64.4 Å². The molecule has 732 valence electrons. The van der Waals surface area contributed by atoms with Crippen molar-refractivity contribution in [2.24, 2.45) is 42.4 Å². The molecule has 1 aromatic heterocycles. The summed E-state index contributed by atoms with van der Waals surface area (Å²) < 4.78 is 56.0. The van der Waals surface area contributed by atoms with Crippen molar-refractivity contribution in [3.05, 3.63) is 191 Å². The third kappa shape index (κ3) is 30.0. The van der Waals surface area contributed by atoms with E-state index in [4.69, 9.17) is 99.7 Å². The van der Waals surface area contributed by atoms with Gasteiger partial charge in [0.1, 0.15) is 41.4 Å². The molecule has 0 radical (unpaired) electrons. The van der Waals surface area contributed by atoms with Crippen LogP contribution in [0.15, 0.2) is 151 Å². The number of nitrogens with one attached hydrogen (secondary N) is 4. The van der Waals surface area contributed by atoms with Crippen molar-refractivity contribution in [1.82, 2.24) is 35.0 Å². The molecule has 8 unspecified atom stereocenters. The van der Waals surface area contributed by atoms with Crippen LogP contribution in [0.2, 0.25) is 15.1 Å². The van der Waals surface area contributed by atoms with E-state index >= 15 is 0 Å². The molecule has 3 amide bonds. The predicted octanol–water partition coefficient (Wildman–Crippen LogP) is 18.3. The van der Waals surface area contributed by atoms with E-state index in [-0.39, 0.29) is 62.4 Å². The number of hydrogen-bond acceptors (Lipinski definition) is 25. The first-order chi connectivity index (χ1) is 64.4. The minimum atomic E-state index is -1.58. The Bertz CT molecular complexity index is 5600. The van der Waals surface area contributed by atoms with Crippen molar-refractivity contribution in [2.75, 3.05) is 93.2 Å². The molecule has 8 atom stereocenters. The zero-order valence-electron chi connectivity index (χ0n) is 81.2. The molecule has 0 saturated heterocycles. The van der Waals surface area contributed by atoms with Crippen LogP contribution < -0.4 is 55.2 Å². The number of hydrogen-bond donors (Lipinski definition) is 6. The summed E-state index contributed by atoms with van der Waals surface area (Å²) in [5.74, 6) is 5.86. The summed E-state index contributed by atoms with van der Waals surface area (Å²) in [4.78, 5) is 98.9. The van der Waals surface area contributed by atoms with Crippen LogP contribution in [0, 0.1) is 59.8 Å². The molecule has 2 aliphatic heterocycles. The molecule has 0 fully saturated rings. The maximum absolute atomic E-state index is 14.1. The molecule has 7 aromatic rings. The number of aliphatic imine (C=N–C) groups is 3. The number of esters is 1. The number of Topliss-reactive ketones (excluding diaryl/α,β-unsaturated/α-hetero) is 1. The number of fused-ring (bicyclic) bond motifs is 1. The highest BCUT2D eigenvalue weighted by atomic mass is 35.5. The van der Waals surface area contributed by atoms with Gasteiger partial charge in [0.25, 0.3) is 17.7 Å². The standard InChI is InChI=1S/C36H52N8O4S.C32H42Cl3N5O5.C30H37ClN4O5S/c1-9-11-12-13-14-32(48-31-18-15-24(3)21-26(31)5)36(45)37-23-27(6)34-40-35-33(28(7)41-44(35)42-34)39-30-17-16-29(22-25(30)4)43(10-2)20-19-38-49(46)47-8;1-7-10-13-44-31(43)20(5)17-32(6,8-2)29(45-36)26-27(37-25-12-11-22(14-19(25)4)39(9-3)18-41)30(42)40(38-26)28-23(34)15-21(33)16-24(28)35;1-8-26(40-27-13-10-18(3)14-20(27)5)30(37)34-25-16-24(21(6)28(31)29(25)36)33-23-12-11-22(15-19(23)4)35(9-2)17-32-41(38)39-7/h15-18,21-22,27,32,38H,9-14,19-20,23H2,1-8H3,(H,37,45);11-12,14-16,20,29,41H,7-10,13,17-18,36H2,1-6H3;10-16,26,32H,8-9,17H2,1-7H3,(H,34,37). The van der Waals surface area contributed by atoms with E-state index in [0.29, 0.717) is 122 Å². The van der Waals surface area contributed by atoms with E-state index in [2.05, 4.69) is 66.3 Å². The number of nitrogens with two attached hydrogens (primary N) is 1. The minimum Gasteiger partial charge on any atom is -0.480 e. The van der Waals surface area contributed by atoms with Crippen molar-refractivity contribution in [3.63, 3.8) is 0 Å². The largest absolute Gasteiger partial charge is 0.480 e. The third-order valence-electron chi connectivity index (χ3n) is 23.3. The van der Waals surface area contributed by atoms with E-state index in [1.807, 2.05) is 182 Å². The summed E-state index contributed by atoms with van der Waals surface area (Å²) in [6.45, 7) is 41.3. The second-order valence-corrected chi connectivity index (χ2v) is 37.4. The summed E-state index contributed by atoms with van der Waals surface area (Å²) in [6, 6.07) is 32.0. The highest BCUT2D eigenvalue weighted by Gasteiger charge is 2.48. The summed E-state index contributed by atoms with van der Waals surface area (Å²) in [7, 11) is 2.77. The summed E-state index contributed by atoms with van der Waals surface area (Å²) >= 11 is 22.5. The molecule has 3 heterocycles. The first-order valence-electron chi connectivity index (χ1n) is 45.5. The Kier molecular flexibility index (Phi) is 43.4. The van der Waals surface area contributed by atoms with E-state index in [1.165, 1.54) is 31.1 Å². The molecule has 135 heavy (non-hydrogen) atoms. The van der Waals surface area contributed by atoms with Crippen LogP contribution in [0.5, 0.6) is 11.5 Å². The SMILES string of the molecule is CCC(Oc1ccc(C)cc1C)C(=O)NC1=CC(=Nc2ccc(N(CC)CNS(=O)OC)cc2C)C(C)=C(Cl)C1=O.CCCCCCC(Oc1ccc(C)cc1C)C(=O)NCC(C)c1nc2n(n1)N=C(C)C2=Nc1ccc(N(CC)CCNS(=O)OC)cc1C.CCCCOC(=O)C(C)CC(C)(CC)C(ON)C1=NN(c2c(Cl)cc(Cl)cc2Cl)C(=O)C1=Nc1ccc(N(CC)CO)cc1C. The van der Waals surface area contributed by atoms with E-state index < -0.39 is 69.8 Å². The second kappa shape index (κ2) is 53.1. The topological polar surface area (TPSA) is 375 Å². The maximum Gasteiger partial charge on any atom is 0.308 e. The van der Waals surface area contributed by atoms with Gasteiger partial charge in [-0.3, -0.25) is 37.2 Å². The number of unbranched alkanes of at least 4 members (excludes halogenated alkanes) is 4. The summed E-state index contributed by atoms with van der Waals surface area (Å²) in [5, 5.41) is 31.0. The number of carbonyl (C=O) groups is 5. The minimum absolute atomic E-state index is 0.00598. The van der Waals surface area contributed by atoms with Gasteiger partial charge >= 0.3 is 5.97 Å². The molecule has 3 aliphatic rings. The number of aromatic nitrogens is 3. The molecule has 0 spiro atoms. The molecule has 10 rings (SSSR count). The van der Waals surface area contributed by atoms with Crippen molar-refractivity contribution in [1.29, 1.82) is 0 Å². The molecule has 31 nitrogen and oxygen atoms in total. The van der Waals surface area contributed by atoms with E-state index in [9.17, 15) is 37.5 Å². The Balaban J connectivity index is 0.000000250. The quantitative estimate of drug-likeness (QED) is 0.00678. The van der Waals surface area contributed by atoms with E-state index in [1.54, 1.807) is 30.9 Å². The number of carbonyl (C=O) groups excluding carboxylic acids is 5. The Morgan fingerprint density at radius 1 is 0.637 bits per heavy atom. The summed E-state index contributed by atoms with van der Waals surface area (Å²) in [6.07, 6.45) is 7.07. The van der Waals surface area contributed by atoms with Crippen LogP contribution >= 0.6 is 46.4 Å². The zero-order valence-corrected chi connectivity index (χ0v) is 85.9. The molecular formula is C98H131Cl4N17O14S2. The number of nitrogens with zero attached hydrogens (tertiary/aromatic N) is 12. The number of anilines is 4. The fraction of sp³-hybridized carbons (Fsp3) is 0.469. The number of hydrazone groups is 1. The summed E-state index contributed by atoms with van der Waals surface area (Å²) in [5.41, 5.74) is 13.5. The van der Waals surface area contributed by atoms with Crippen molar-refractivity contribution in [3.8, 4) is 11.5 Å². The number of halogens is 4. The lowest BCUT2D eigenvalue weighted by Gasteiger charge is -2.36. The van der Waals surface area contributed by atoms with Gasteiger partial charge < -0.3 is 44.7 Å². The average molecular weight is 1980 g/mol. The fourth-order valence-electron chi connectivity index (χ4n) is 15.1. The zero-order chi connectivity index (χ0) is 99.2. The number of amides is 3. The van der Waals surface area contributed by atoms with Gasteiger partial charge in [0, 0.05) is 72.7 Å². The van der Waals surface area contributed by atoms with Crippen LogP contribution in [0.1, 0.15) is 204 Å². The highest BCUT2D eigenvalue weighted by Crippen LogP contribution is 2.43. The fourth-order valence-corrected chi connectivity index (χ4v) is 17.0. The molecule has 37 heteroatoms. The van der Waals surface area contributed by atoms with E-state index in [0.717, 1.165) is 123 Å². The van der Waals surface area contributed by atoms with Gasteiger partial charge in [-0.15, -0.1) is 9.89 Å². The van der Waals surface area contributed by atoms with Gasteiger partial charge in [-0.2, -0.15) is 19.9 Å². The Hall–Kier alpha value is -9.98. The molecule has 0 saturated carbocycles. The molecule has 6 aromatic carbocycles. The molecule has 0 bridgehead atoms. The van der Waals surface area contributed by atoms with Crippen LogP contribution in [0.4, 0.5) is 39.8 Å². The Morgan fingerprint density at radius 2 is 1.19 bits per heavy atom. The van der Waals surface area contributed by atoms with Crippen LogP contribution in [-0.4, -0.2) is 178 Å². The number of aliphatic hydroxyl groups is 1. The van der Waals surface area contributed by atoms with Gasteiger partial charge in [-0.1, -0.05) is 156 Å². The predicted molar refractivity (Wildman–Crippen MR) is 544 cm³/mol. The highest BCUT2D eigenvalue weighted by molar-refractivity contribution is 7.78. The van der Waals surface area contributed by atoms with Crippen molar-refractivity contribution >= 4 is 167 Å². The molecular weight excluding hydrogens is 1850 g/mol. The van der Waals surface area contributed by atoms with Gasteiger partial charge in [0.2, 0.25) is 34.1 Å². The number of likely N-dealkylation sites (N-methyl/N-ethyl adjacent to an activating group) is 1. The van der Waals surface area contributed by atoms with Gasteiger partial charge in [0.05, 0.1) is 82.7 Å². The lowest BCUT2D eigenvalue weighted by Crippen LogP contribution is -2.46. The monoisotopic (exact) mass is 1970 g/mol. The van der Waals surface area contributed by atoms with Gasteiger partial charge in [0.15, 0.2) is 23.7 Å². The normalized spacial score (nSPS) is 15.9. The number of allylic oxidation sites excluding steroid dienone is 3. The first kappa shape index (κ1) is 110. The van der Waals surface area contributed by atoms with Crippen LogP contribution in [0.3, 0.4) is 0 Å². The lowest BCUT2D eigenvalue weighted by atomic mass is 9.72. The third-order valence-corrected chi connectivity index (χ3v) is 26.0. The maximum atomic E-state index is 14.1. The molecule has 1 aliphatic carbocycles. The average Bonchev–Trinajstić information content (AvgIpc) is 1.63. The van der Waals surface area contributed by atoms with Crippen LogP contribution in [0.25, 0.3) is 0 Å². The molecule has 7 N–H and O–H groups in total. The lowest BCUT2D eigenvalue weighted by molar-refractivity contribution is -0.150. The number of rotatable bonds is 46. The number of benzene rings is 6. The van der Waals surface area contributed by atoms with Crippen molar-refractivity contribution in [2.45, 2.75) is 220 Å². The Morgan fingerprint density at radius 3 is 1.71 bits per heavy atom. The number of aryl methyl sites for hydroxylation is 7. The Labute approximate surface area is 819 Å². The first-order valence-corrected chi connectivity index (χ1v) is 49.2. The number of ether oxygens (including phenoxy) is 3.